The van der Waals surface area contributed by atoms with Crippen LogP contribution in [0.2, 0.25) is 0 Å². The molecule has 0 unspecified atom stereocenters. The van der Waals surface area contributed by atoms with E-state index >= 15 is 0 Å². The number of anilines is 1. The van der Waals surface area contributed by atoms with Crippen molar-refractivity contribution >= 4 is 21.4 Å². The molecule has 0 radical (unpaired) electrons. The summed E-state index contributed by atoms with van der Waals surface area (Å²) in [6.07, 6.45) is 0. The second kappa shape index (κ2) is 6.27. The molecule has 8 heteroatoms. The van der Waals surface area contributed by atoms with E-state index < -0.39 is 26.7 Å². The van der Waals surface area contributed by atoms with Crippen molar-refractivity contribution in [1.82, 2.24) is 10.1 Å². The number of aryl methyl sites for hydroxylation is 1. The molecule has 7 nitrogen and oxygen atoms in total. The highest BCUT2D eigenvalue weighted by Crippen LogP contribution is 2.17. The van der Waals surface area contributed by atoms with Crippen LogP contribution in [0.4, 0.5) is 5.69 Å². The van der Waals surface area contributed by atoms with Crippen molar-refractivity contribution in [3.8, 4) is 0 Å². The predicted molar refractivity (Wildman–Crippen MR) is 81.0 cm³/mol. The normalized spacial score (nSPS) is 12.9. The van der Waals surface area contributed by atoms with Gasteiger partial charge in [-0.1, -0.05) is 23.4 Å². The molecule has 1 heterocycles. The van der Waals surface area contributed by atoms with Crippen LogP contribution >= 0.6 is 0 Å². The predicted octanol–water partition coefficient (Wildman–Crippen LogP) is 1.34. The SMILES string of the molecule is Cc1noc(CS(=O)(=O)[C@H](C)C(=O)N(C)c2ccccc2)n1. The van der Waals surface area contributed by atoms with Gasteiger partial charge in [-0.3, -0.25) is 4.79 Å². The fourth-order valence-corrected chi connectivity index (χ4v) is 3.08. The minimum Gasteiger partial charge on any atom is -0.338 e. The van der Waals surface area contributed by atoms with Gasteiger partial charge in [0.15, 0.2) is 15.7 Å². The van der Waals surface area contributed by atoms with Gasteiger partial charge in [-0.05, 0) is 26.0 Å². The first-order valence-electron chi connectivity index (χ1n) is 6.64. The maximum Gasteiger partial charge on any atom is 0.244 e. The van der Waals surface area contributed by atoms with Crippen LogP contribution in [0.3, 0.4) is 0 Å². The molecule has 0 aliphatic rings. The van der Waals surface area contributed by atoms with Gasteiger partial charge in [-0.25, -0.2) is 8.42 Å². The van der Waals surface area contributed by atoms with Crippen molar-refractivity contribution in [3.63, 3.8) is 0 Å². The Morgan fingerprint density at radius 3 is 2.50 bits per heavy atom. The van der Waals surface area contributed by atoms with Crippen LogP contribution in [-0.4, -0.2) is 36.8 Å². The first kappa shape index (κ1) is 16.2. The molecule has 0 bridgehead atoms. The number of para-hydroxylation sites is 1. The number of carbonyl (C=O) groups is 1. The summed E-state index contributed by atoms with van der Waals surface area (Å²) in [6.45, 7) is 2.96. The smallest absolute Gasteiger partial charge is 0.244 e. The first-order valence-corrected chi connectivity index (χ1v) is 8.36. The number of amides is 1. The average Bonchev–Trinajstić information content (AvgIpc) is 2.90. The first-order chi connectivity index (χ1) is 10.3. The van der Waals surface area contributed by atoms with Crippen molar-refractivity contribution in [2.75, 3.05) is 11.9 Å². The van der Waals surface area contributed by atoms with E-state index in [9.17, 15) is 13.2 Å². The Morgan fingerprint density at radius 2 is 1.95 bits per heavy atom. The van der Waals surface area contributed by atoms with Gasteiger partial charge in [0.2, 0.25) is 11.8 Å². The molecule has 0 aliphatic carbocycles. The van der Waals surface area contributed by atoms with Crippen LogP contribution in [0.5, 0.6) is 0 Å². The number of rotatable bonds is 5. The molecule has 0 aliphatic heterocycles. The van der Waals surface area contributed by atoms with Crippen molar-refractivity contribution < 1.29 is 17.7 Å². The quantitative estimate of drug-likeness (QED) is 0.824. The zero-order valence-electron chi connectivity index (χ0n) is 12.6. The molecule has 0 saturated heterocycles. The molecule has 0 saturated carbocycles. The van der Waals surface area contributed by atoms with E-state index in [0.29, 0.717) is 11.5 Å². The minimum atomic E-state index is -3.74. The van der Waals surface area contributed by atoms with Crippen LogP contribution in [0.15, 0.2) is 34.9 Å². The lowest BCUT2D eigenvalue weighted by molar-refractivity contribution is -0.117. The number of aromatic nitrogens is 2. The molecular weight excluding hydrogens is 306 g/mol. The molecule has 1 aromatic carbocycles. The van der Waals surface area contributed by atoms with Gasteiger partial charge in [0.25, 0.3) is 0 Å². The van der Waals surface area contributed by atoms with Gasteiger partial charge in [0, 0.05) is 12.7 Å². The van der Waals surface area contributed by atoms with Crippen LogP contribution in [0, 0.1) is 6.92 Å². The molecule has 118 valence electrons. The van der Waals surface area contributed by atoms with Crippen molar-refractivity contribution in [2.24, 2.45) is 0 Å². The van der Waals surface area contributed by atoms with Gasteiger partial charge in [-0.2, -0.15) is 4.98 Å². The lowest BCUT2D eigenvalue weighted by Gasteiger charge is -2.21. The monoisotopic (exact) mass is 323 g/mol. The zero-order chi connectivity index (χ0) is 16.3. The topological polar surface area (TPSA) is 93.4 Å². The molecule has 2 rings (SSSR count). The van der Waals surface area contributed by atoms with Gasteiger partial charge >= 0.3 is 0 Å². The van der Waals surface area contributed by atoms with Crippen LogP contribution < -0.4 is 4.90 Å². The standard InChI is InChI=1S/C14H17N3O4S/c1-10(14(18)17(3)12-7-5-4-6-8-12)22(19,20)9-13-15-11(2)16-21-13/h4-8,10H,9H2,1-3H3/t10-/m1/s1. The third-order valence-corrected chi connectivity index (χ3v) is 5.18. The number of sulfone groups is 1. The molecule has 2 aromatic rings. The second-order valence-corrected chi connectivity index (χ2v) is 7.24. The number of benzene rings is 1. The lowest BCUT2D eigenvalue weighted by atomic mass is 10.3. The van der Waals surface area contributed by atoms with Crippen LogP contribution in [0.25, 0.3) is 0 Å². The van der Waals surface area contributed by atoms with E-state index in [-0.39, 0.29) is 5.89 Å². The lowest BCUT2D eigenvalue weighted by Crippen LogP contribution is -2.39. The third-order valence-electron chi connectivity index (χ3n) is 3.25. The van der Waals surface area contributed by atoms with E-state index in [0.717, 1.165) is 0 Å². The highest BCUT2D eigenvalue weighted by molar-refractivity contribution is 7.92. The van der Waals surface area contributed by atoms with E-state index in [1.807, 2.05) is 6.07 Å². The average molecular weight is 323 g/mol. The third kappa shape index (κ3) is 3.51. The second-order valence-electron chi connectivity index (χ2n) is 4.92. The van der Waals surface area contributed by atoms with Crippen molar-refractivity contribution in [2.45, 2.75) is 24.9 Å². The van der Waals surface area contributed by atoms with E-state index in [4.69, 9.17) is 4.52 Å². The maximum atomic E-state index is 12.4. The number of hydrogen-bond acceptors (Lipinski definition) is 6. The summed E-state index contributed by atoms with van der Waals surface area (Å²) in [6, 6.07) is 8.84. The Morgan fingerprint density at radius 1 is 1.32 bits per heavy atom. The molecule has 1 aromatic heterocycles. The summed E-state index contributed by atoms with van der Waals surface area (Å²) in [7, 11) is -2.20. The highest BCUT2D eigenvalue weighted by Gasteiger charge is 2.32. The van der Waals surface area contributed by atoms with E-state index in [1.165, 1.54) is 11.8 Å². The molecule has 22 heavy (non-hydrogen) atoms. The summed E-state index contributed by atoms with van der Waals surface area (Å²) in [5, 5.41) is 2.34. The van der Waals surface area contributed by atoms with Gasteiger partial charge in [0.1, 0.15) is 11.0 Å². The molecular formula is C14H17N3O4S. The summed E-state index contributed by atoms with van der Waals surface area (Å²) in [5.74, 6) is -0.629. The summed E-state index contributed by atoms with van der Waals surface area (Å²) < 4.78 is 29.4. The molecule has 1 amide bonds. The number of hydrogen-bond donors (Lipinski definition) is 0. The van der Waals surface area contributed by atoms with Crippen molar-refractivity contribution in [3.05, 3.63) is 42.0 Å². The van der Waals surface area contributed by atoms with E-state index in [2.05, 4.69) is 10.1 Å². The Bertz CT molecular complexity index is 755. The van der Waals surface area contributed by atoms with Crippen molar-refractivity contribution in [1.29, 1.82) is 0 Å². The number of carbonyl (C=O) groups excluding carboxylic acids is 1. The molecule has 0 N–H and O–H groups in total. The number of nitrogens with zero attached hydrogens (tertiary/aromatic N) is 3. The largest absolute Gasteiger partial charge is 0.338 e. The Kier molecular flexibility index (Phi) is 4.60. The fourth-order valence-electron chi connectivity index (χ4n) is 1.90. The van der Waals surface area contributed by atoms with E-state index in [1.54, 1.807) is 38.2 Å². The minimum absolute atomic E-state index is 0.0143. The molecule has 1 atom stereocenters. The molecule has 0 fully saturated rings. The zero-order valence-corrected chi connectivity index (χ0v) is 13.4. The van der Waals surface area contributed by atoms with Crippen LogP contribution in [0.1, 0.15) is 18.6 Å². The Hall–Kier alpha value is -2.22. The maximum absolute atomic E-state index is 12.4. The van der Waals surface area contributed by atoms with Gasteiger partial charge < -0.3 is 9.42 Å². The fraction of sp³-hybridized carbons (Fsp3) is 0.357. The molecule has 0 spiro atoms. The summed E-state index contributed by atoms with van der Waals surface area (Å²) in [4.78, 5) is 17.5. The summed E-state index contributed by atoms with van der Waals surface area (Å²) >= 11 is 0. The van der Waals surface area contributed by atoms with Gasteiger partial charge in [-0.15, -0.1) is 0 Å². The Labute approximate surface area is 128 Å². The Balaban J connectivity index is 2.15. The summed E-state index contributed by atoms with van der Waals surface area (Å²) in [5.41, 5.74) is 0.628. The highest BCUT2D eigenvalue weighted by atomic mass is 32.2. The van der Waals surface area contributed by atoms with Gasteiger partial charge in [0.05, 0.1) is 0 Å². The van der Waals surface area contributed by atoms with Crippen LogP contribution in [-0.2, 0) is 20.4 Å².